The number of hydrogen-bond donors (Lipinski definition) is 1. The van der Waals surface area contributed by atoms with E-state index in [4.69, 9.17) is 9.15 Å². The zero-order valence-corrected chi connectivity index (χ0v) is 16.4. The summed E-state index contributed by atoms with van der Waals surface area (Å²) in [4.78, 5) is 12.4. The Hall–Kier alpha value is -3.02. The van der Waals surface area contributed by atoms with Crippen LogP contribution < -0.4 is 10.1 Å². The van der Waals surface area contributed by atoms with E-state index < -0.39 is 0 Å². The third-order valence-electron chi connectivity index (χ3n) is 4.31. The van der Waals surface area contributed by atoms with Crippen LogP contribution in [0.5, 0.6) is 5.75 Å². The van der Waals surface area contributed by atoms with E-state index in [2.05, 4.69) is 36.4 Å². The summed E-state index contributed by atoms with van der Waals surface area (Å²) in [5.74, 6) is 1.74. The van der Waals surface area contributed by atoms with Crippen LogP contribution in [-0.2, 0) is 13.7 Å². The minimum Gasteiger partial charge on any atom is -0.485 e. The van der Waals surface area contributed by atoms with Crippen molar-refractivity contribution in [2.75, 3.05) is 5.32 Å². The number of amides is 1. The Morgan fingerprint density at radius 1 is 1.26 bits per heavy atom. The van der Waals surface area contributed by atoms with Crippen molar-refractivity contribution in [2.24, 2.45) is 7.05 Å². The summed E-state index contributed by atoms with van der Waals surface area (Å²) in [7, 11) is 1.81. The van der Waals surface area contributed by atoms with Crippen molar-refractivity contribution in [3.63, 3.8) is 0 Å². The highest BCUT2D eigenvalue weighted by Gasteiger charge is 2.15. The van der Waals surface area contributed by atoms with Crippen molar-refractivity contribution in [3.05, 3.63) is 64.9 Å². The van der Waals surface area contributed by atoms with Crippen LogP contribution >= 0.6 is 0 Å². The molecular weight excluding hydrogens is 342 g/mol. The summed E-state index contributed by atoms with van der Waals surface area (Å²) in [5, 5.41) is 7.02. The normalized spacial score (nSPS) is 11.0. The van der Waals surface area contributed by atoms with E-state index in [9.17, 15) is 4.79 Å². The number of benzene rings is 1. The number of aryl methyl sites for hydroxylation is 3. The number of nitrogens with zero attached hydrogens (tertiary/aromatic N) is 2. The predicted molar refractivity (Wildman–Crippen MR) is 104 cm³/mol. The van der Waals surface area contributed by atoms with Gasteiger partial charge in [0.25, 0.3) is 5.91 Å². The van der Waals surface area contributed by atoms with Gasteiger partial charge >= 0.3 is 0 Å². The molecule has 0 atom stereocenters. The van der Waals surface area contributed by atoms with E-state index in [-0.39, 0.29) is 18.3 Å². The number of carbonyl (C=O) groups is 1. The van der Waals surface area contributed by atoms with Gasteiger partial charge in [0.1, 0.15) is 18.1 Å². The molecule has 6 nitrogen and oxygen atoms in total. The average Bonchev–Trinajstić information content (AvgIpc) is 3.19. The molecule has 0 saturated carbocycles. The fourth-order valence-corrected chi connectivity index (χ4v) is 2.88. The molecule has 2 heterocycles. The third-order valence-corrected chi connectivity index (χ3v) is 4.31. The SMILES string of the molecule is Cc1ccc(C(C)C)c(OCc2ccc(C(=O)Nc3cn(C)nc3C)o2)c1. The predicted octanol–water partition coefficient (Wildman–Crippen LogP) is 4.58. The number of anilines is 1. The first-order chi connectivity index (χ1) is 12.8. The summed E-state index contributed by atoms with van der Waals surface area (Å²) in [5.41, 5.74) is 3.71. The number of aromatic nitrogens is 2. The number of carbonyl (C=O) groups excluding carboxylic acids is 1. The lowest BCUT2D eigenvalue weighted by Gasteiger charge is -2.14. The van der Waals surface area contributed by atoms with E-state index in [0.717, 1.165) is 22.6 Å². The maximum Gasteiger partial charge on any atom is 0.291 e. The molecule has 1 amide bonds. The number of rotatable bonds is 6. The summed E-state index contributed by atoms with van der Waals surface area (Å²) >= 11 is 0. The molecule has 1 N–H and O–H groups in total. The Balaban J connectivity index is 1.67. The molecule has 1 aromatic carbocycles. The van der Waals surface area contributed by atoms with E-state index in [1.807, 2.05) is 27.0 Å². The molecule has 0 aliphatic carbocycles. The van der Waals surface area contributed by atoms with Gasteiger partial charge in [0.05, 0.1) is 11.4 Å². The van der Waals surface area contributed by atoms with Crippen LogP contribution in [0.2, 0.25) is 0 Å². The van der Waals surface area contributed by atoms with Crippen LogP contribution in [-0.4, -0.2) is 15.7 Å². The molecule has 0 spiro atoms. The largest absolute Gasteiger partial charge is 0.485 e. The fourth-order valence-electron chi connectivity index (χ4n) is 2.88. The Morgan fingerprint density at radius 3 is 2.70 bits per heavy atom. The van der Waals surface area contributed by atoms with Gasteiger partial charge in [-0.25, -0.2) is 0 Å². The zero-order chi connectivity index (χ0) is 19.6. The van der Waals surface area contributed by atoms with Gasteiger partial charge in [0, 0.05) is 13.2 Å². The van der Waals surface area contributed by atoms with Crippen molar-refractivity contribution in [1.82, 2.24) is 9.78 Å². The summed E-state index contributed by atoms with van der Waals surface area (Å²) in [6.45, 7) is 8.40. The summed E-state index contributed by atoms with van der Waals surface area (Å²) < 4.78 is 13.3. The topological polar surface area (TPSA) is 69.3 Å². The lowest BCUT2D eigenvalue weighted by atomic mass is 10.0. The van der Waals surface area contributed by atoms with Crippen LogP contribution in [0.4, 0.5) is 5.69 Å². The number of furan rings is 1. The molecule has 3 rings (SSSR count). The number of ether oxygens (including phenoxy) is 1. The third kappa shape index (κ3) is 4.39. The smallest absolute Gasteiger partial charge is 0.291 e. The fraction of sp³-hybridized carbons (Fsp3) is 0.333. The molecule has 142 valence electrons. The maximum atomic E-state index is 12.4. The minimum absolute atomic E-state index is 0.241. The first-order valence-corrected chi connectivity index (χ1v) is 8.97. The zero-order valence-electron chi connectivity index (χ0n) is 16.4. The van der Waals surface area contributed by atoms with Gasteiger partial charge in [-0.3, -0.25) is 9.48 Å². The van der Waals surface area contributed by atoms with Gasteiger partial charge in [-0.2, -0.15) is 5.10 Å². The molecule has 0 radical (unpaired) electrons. The number of nitrogens with one attached hydrogen (secondary N) is 1. The van der Waals surface area contributed by atoms with Gasteiger partial charge in [0.15, 0.2) is 5.76 Å². The average molecular weight is 367 g/mol. The maximum absolute atomic E-state index is 12.4. The standard InChI is InChI=1S/C21H25N3O3/c1-13(2)17-8-6-14(3)10-20(17)26-12-16-7-9-19(27-16)21(25)22-18-11-24(5)23-15(18)4/h6-11,13H,12H2,1-5H3,(H,22,25). The van der Waals surface area contributed by atoms with Gasteiger partial charge in [0.2, 0.25) is 0 Å². The molecule has 3 aromatic rings. The van der Waals surface area contributed by atoms with Gasteiger partial charge in [-0.05, 0) is 49.1 Å². The van der Waals surface area contributed by atoms with Crippen molar-refractivity contribution in [3.8, 4) is 5.75 Å². The van der Waals surface area contributed by atoms with Crippen LogP contribution in [0.3, 0.4) is 0 Å². The molecule has 0 bridgehead atoms. The second-order valence-corrected chi connectivity index (χ2v) is 7.01. The molecule has 0 unspecified atom stereocenters. The van der Waals surface area contributed by atoms with E-state index in [1.54, 1.807) is 23.0 Å². The minimum atomic E-state index is -0.309. The molecule has 27 heavy (non-hydrogen) atoms. The van der Waals surface area contributed by atoms with E-state index in [0.29, 0.717) is 17.4 Å². The summed E-state index contributed by atoms with van der Waals surface area (Å²) in [6, 6.07) is 9.61. The molecule has 6 heteroatoms. The van der Waals surface area contributed by atoms with Crippen molar-refractivity contribution in [2.45, 2.75) is 40.2 Å². The second kappa shape index (κ2) is 7.70. The highest BCUT2D eigenvalue weighted by Crippen LogP contribution is 2.28. The highest BCUT2D eigenvalue weighted by atomic mass is 16.5. The van der Waals surface area contributed by atoms with Gasteiger partial charge in [-0.1, -0.05) is 26.0 Å². The van der Waals surface area contributed by atoms with Crippen LogP contribution in [0.25, 0.3) is 0 Å². The molecule has 0 saturated heterocycles. The second-order valence-electron chi connectivity index (χ2n) is 7.01. The van der Waals surface area contributed by atoms with E-state index in [1.165, 1.54) is 0 Å². The lowest BCUT2D eigenvalue weighted by Crippen LogP contribution is -2.11. The van der Waals surface area contributed by atoms with Gasteiger partial charge in [-0.15, -0.1) is 0 Å². The molecule has 2 aromatic heterocycles. The monoisotopic (exact) mass is 367 g/mol. The molecular formula is C21H25N3O3. The summed E-state index contributed by atoms with van der Waals surface area (Å²) in [6.07, 6.45) is 1.76. The van der Waals surface area contributed by atoms with Crippen LogP contribution in [0.1, 0.15) is 52.9 Å². The first-order valence-electron chi connectivity index (χ1n) is 8.97. The quantitative estimate of drug-likeness (QED) is 0.692. The Kier molecular flexibility index (Phi) is 5.35. The van der Waals surface area contributed by atoms with Crippen LogP contribution in [0.15, 0.2) is 40.9 Å². The van der Waals surface area contributed by atoms with E-state index >= 15 is 0 Å². The first kappa shape index (κ1) is 18.8. The highest BCUT2D eigenvalue weighted by molar-refractivity contribution is 6.02. The van der Waals surface area contributed by atoms with Crippen LogP contribution in [0, 0.1) is 13.8 Å². The van der Waals surface area contributed by atoms with Crippen molar-refractivity contribution < 1.29 is 13.9 Å². The Labute approximate surface area is 159 Å². The van der Waals surface area contributed by atoms with Crippen molar-refractivity contribution in [1.29, 1.82) is 0 Å². The number of hydrogen-bond acceptors (Lipinski definition) is 4. The Morgan fingerprint density at radius 2 is 2.04 bits per heavy atom. The molecule has 0 fully saturated rings. The Bertz CT molecular complexity index is 953. The van der Waals surface area contributed by atoms with Crippen molar-refractivity contribution >= 4 is 11.6 Å². The lowest BCUT2D eigenvalue weighted by molar-refractivity contribution is 0.0992. The van der Waals surface area contributed by atoms with Gasteiger partial charge < -0.3 is 14.5 Å². The molecule has 0 aliphatic heterocycles. The molecule has 0 aliphatic rings.